The van der Waals surface area contributed by atoms with Gasteiger partial charge in [-0.25, -0.2) is 0 Å². The van der Waals surface area contributed by atoms with Crippen molar-refractivity contribution in [2.45, 2.75) is 13.0 Å². The second-order valence-electron chi connectivity index (χ2n) is 5.01. The molecule has 7 heteroatoms. The third kappa shape index (κ3) is 5.28. The van der Waals surface area contributed by atoms with Crippen LogP contribution in [0.5, 0.6) is 0 Å². The van der Waals surface area contributed by atoms with E-state index in [0.29, 0.717) is 11.3 Å². The van der Waals surface area contributed by atoms with Crippen LogP contribution >= 0.6 is 0 Å². The summed E-state index contributed by atoms with van der Waals surface area (Å²) in [6.45, 7) is 1.01. The Bertz CT molecular complexity index is 682. The van der Waals surface area contributed by atoms with Crippen LogP contribution in [0.1, 0.15) is 29.1 Å². The molecule has 7 nitrogen and oxygen atoms in total. The van der Waals surface area contributed by atoms with E-state index in [-0.39, 0.29) is 18.5 Å². The summed E-state index contributed by atoms with van der Waals surface area (Å²) in [6, 6.07) is 11.6. The maximum absolute atomic E-state index is 11.8. The Morgan fingerprint density at radius 2 is 1.88 bits per heavy atom. The average molecular weight is 330 g/mol. The number of benzene rings is 1. The molecular formula is C17H18N2O5. The molecule has 2 N–H and O–H groups in total. The number of furan rings is 1. The predicted octanol–water partition coefficient (Wildman–Crippen LogP) is 1.43. The van der Waals surface area contributed by atoms with Gasteiger partial charge in [-0.05, 0) is 31.2 Å². The molecule has 0 saturated carbocycles. The van der Waals surface area contributed by atoms with E-state index in [2.05, 4.69) is 10.6 Å². The molecule has 0 spiro atoms. The maximum Gasteiger partial charge on any atom is 0.325 e. The number of hydrogen-bond donors (Lipinski definition) is 2. The van der Waals surface area contributed by atoms with Crippen LogP contribution in [0.25, 0.3) is 0 Å². The van der Waals surface area contributed by atoms with Crippen molar-refractivity contribution in [2.24, 2.45) is 0 Å². The molecule has 0 aliphatic carbocycles. The number of amides is 2. The van der Waals surface area contributed by atoms with Crippen LogP contribution in [-0.2, 0) is 14.3 Å². The third-order valence-electron chi connectivity index (χ3n) is 3.14. The Kier molecular flexibility index (Phi) is 6.13. The molecule has 0 unspecified atom stereocenters. The third-order valence-corrected chi connectivity index (χ3v) is 3.14. The number of rotatable bonds is 7. The van der Waals surface area contributed by atoms with Gasteiger partial charge in [-0.2, -0.15) is 0 Å². The molecule has 0 aliphatic heterocycles. The van der Waals surface area contributed by atoms with Crippen molar-refractivity contribution in [2.75, 3.05) is 13.2 Å². The van der Waals surface area contributed by atoms with Crippen LogP contribution in [0.2, 0.25) is 0 Å². The first-order valence-corrected chi connectivity index (χ1v) is 7.38. The van der Waals surface area contributed by atoms with Gasteiger partial charge in [-0.3, -0.25) is 14.4 Å². The van der Waals surface area contributed by atoms with Gasteiger partial charge >= 0.3 is 5.97 Å². The van der Waals surface area contributed by atoms with Gasteiger partial charge in [0.2, 0.25) is 0 Å². The quantitative estimate of drug-likeness (QED) is 0.749. The van der Waals surface area contributed by atoms with Gasteiger partial charge in [0.05, 0.1) is 12.3 Å². The minimum absolute atomic E-state index is 0.311. The Labute approximate surface area is 139 Å². The van der Waals surface area contributed by atoms with Crippen molar-refractivity contribution in [3.8, 4) is 0 Å². The van der Waals surface area contributed by atoms with Gasteiger partial charge in [0.15, 0.2) is 6.61 Å². The molecule has 2 aromatic rings. The van der Waals surface area contributed by atoms with Crippen molar-refractivity contribution in [3.63, 3.8) is 0 Å². The number of ether oxygens (including phenoxy) is 1. The van der Waals surface area contributed by atoms with Crippen molar-refractivity contribution in [1.29, 1.82) is 0 Å². The summed E-state index contributed by atoms with van der Waals surface area (Å²) in [5, 5.41) is 5.06. The zero-order valence-electron chi connectivity index (χ0n) is 13.2. The van der Waals surface area contributed by atoms with E-state index in [1.807, 2.05) is 0 Å². The van der Waals surface area contributed by atoms with Gasteiger partial charge in [-0.1, -0.05) is 18.2 Å². The highest BCUT2D eigenvalue weighted by Crippen LogP contribution is 2.11. The summed E-state index contributed by atoms with van der Waals surface area (Å²) >= 11 is 0. The fraction of sp³-hybridized carbons (Fsp3) is 0.235. The molecule has 2 rings (SSSR count). The van der Waals surface area contributed by atoms with Crippen molar-refractivity contribution < 1.29 is 23.5 Å². The molecule has 1 heterocycles. The van der Waals surface area contributed by atoms with E-state index in [1.165, 1.54) is 6.26 Å². The highest BCUT2D eigenvalue weighted by Gasteiger charge is 2.14. The summed E-state index contributed by atoms with van der Waals surface area (Å²) in [5.74, 6) is -0.935. The van der Waals surface area contributed by atoms with Gasteiger partial charge in [0.25, 0.3) is 11.8 Å². The summed E-state index contributed by atoms with van der Waals surface area (Å²) in [4.78, 5) is 35.0. The summed E-state index contributed by atoms with van der Waals surface area (Å²) < 4.78 is 9.97. The molecule has 0 saturated heterocycles. The Morgan fingerprint density at radius 3 is 2.54 bits per heavy atom. The van der Waals surface area contributed by atoms with Crippen LogP contribution < -0.4 is 10.6 Å². The molecule has 126 valence electrons. The molecule has 0 bridgehead atoms. The van der Waals surface area contributed by atoms with E-state index < -0.39 is 18.5 Å². The number of hydrogen-bond acceptors (Lipinski definition) is 5. The maximum atomic E-state index is 11.8. The fourth-order valence-electron chi connectivity index (χ4n) is 1.93. The molecule has 0 fully saturated rings. The van der Waals surface area contributed by atoms with E-state index in [0.717, 1.165) is 0 Å². The highest BCUT2D eigenvalue weighted by atomic mass is 16.5. The first-order valence-electron chi connectivity index (χ1n) is 7.38. The summed E-state index contributed by atoms with van der Waals surface area (Å²) in [7, 11) is 0. The van der Waals surface area contributed by atoms with E-state index in [9.17, 15) is 14.4 Å². The monoisotopic (exact) mass is 330 g/mol. The van der Waals surface area contributed by atoms with E-state index in [1.54, 1.807) is 49.4 Å². The summed E-state index contributed by atoms with van der Waals surface area (Å²) in [5.41, 5.74) is 0.440. The number of esters is 1. The molecule has 2 amide bonds. The van der Waals surface area contributed by atoms with Gasteiger partial charge < -0.3 is 19.8 Å². The highest BCUT2D eigenvalue weighted by molar-refractivity contribution is 5.96. The van der Waals surface area contributed by atoms with E-state index >= 15 is 0 Å². The first-order chi connectivity index (χ1) is 11.6. The van der Waals surface area contributed by atoms with Crippen molar-refractivity contribution in [1.82, 2.24) is 10.6 Å². The predicted molar refractivity (Wildman–Crippen MR) is 85.0 cm³/mol. The molecule has 0 radical (unpaired) electrons. The smallest absolute Gasteiger partial charge is 0.325 e. The Morgan fingerprint density at radius 1 is 1.12 bits per heavy atom. The lowest BCUT2D eigenvalue weighted by Gasteiger charge is -2.11. The molecule has 24 heavy (non-hydrogen) atoms. The van der Waals surface area contributed by atoms with Crippen LogP contribution in [0.15, 0.2) is 53.1 Å². The topological polar surface area (TPSA) is 97.6 Å². The lowest BCUT2D eigenvalue weighted by atomic mass is 10.2. The lowest BCUT2D eigenvalue weighted by molar-refractivity contribution is -0.147. The number of carbonyl (C=O) groups excluding carboxylic acids is 3. The molecule has 0 aliphatic rings. The van der Waals surface area contributed by atoms with Crippen LogP contribution in [0.3, 0.4) is 0 Å². The Hall–Kier alpha value is -3.09. The van der Waals surface area contributed by atoms with Crippen LogP contribution in [-0.4, -0.2) is 30.9 Å². The second-order valence-corrected chi connectivity index (χ2v) is 5.01. The van der Waals surface area contributed by atoms with Crippen LogP contribution in [0.4, 0.5) is 0 Å². The van der Waals surface area contributed by atoms with Crippen molar-refractivity contribution in [3.05, 3.63) is 60.1 Å². The fourth-order valence-corrected chi connectivity index (χ4v) is 1.93. The molecule has 1 aromatic heterocycles. The summed E-state index contributed by atoms with van der Waals surface area (Å²) in [6.07, 6.45) is 1.51. The minimum Gasteiger partial charge on any atom is -0.467 e. The molecule has 1 atom stereocenters. The average Bonchev–Trinajstić information content (AvgIpc) is 3.13. The largest absolute Gasteiger partial charge is 0.467 e. The Balaban J connectivity index is 1.67. The van der Waals surface area contributed by atoms with Crippen molar-refractivity contribution >= 4 is 17.8 Å². The zero-order valence-corrected chi connectivity index (χ0v) is 13.2. The molecular weight excluding hydrogens is 312 g/mol. The van der Waals surface area contributed by atoms with Gasteiger partial charge in [-0.15, -0.1) is 0 Å². The number of carbonyl (C=O) groups is 3. The number of nitrogens with one attached hydrogen (secondary N) is 2. The SMILES string of the molecule is C[C@@H](NC(=O)COC(=O)CNC(=O)c1ccccc1)c1ccco1. The van der Waals surface area contributed by atoms with Gasteiger partial charge in [0.1, 0.15) is 12.3 Å². The van der Waals surface area contributed by atoms with E-state index in [4.69, 9.17) is 9.15 Å². The standard InChI is InChI=1S/C17H18N2O5/c1-12(14-8-5-9-23-14)19-15(20)11-24-16(21)10-18-17(22)13-6-3-2-4-7-13/h2-9,12H,10-11H2,1H3,(H,18,22)(H,19,20)/t12-/m1/s1. The van der Waals surface area contributed by atoms with Gasteiger partial charge in [0, 0.05) is 5.56 Å². The second kappa shape index (κ2) is 8.52. The zero-order chi connectivity index (χ0) is 17.4. The normalized spacial score (nSPS) is 11.4. The minimum atomic E-state index is -0.694. The van der Waals surface area contributed by atoms with Crippen LogP contribution in [0, 0.1) is 0 Å². The first kappa shape index (κ1) is 17.3. The molecule has 1 aromatic carbocycles. The lowest BCUT2D eigenvalue weighted by Crippen LogP contribution is -2.34.